The smallest absolute Gasteiger partial charge is 0.307 e. The van der Waals surface area contributed by atoms with Crippen LogP contribution in [0.15, 0.2) is 66.7 Å². The van der Waals surface area contributed by atoms with Crippen molar-refractivity contribution < 1.29 is 24.6 Å². The number of thiazole rings is 1. The van der Waals surface area contributed by atoms with Crippen LogP contribution in [0.4, 0.5) is 10.8 Å². The molecular weight excluding hydrogens is 502 g/mol. The molecule has 38 heavy (non-hydrogen) atoms. The van der Waals surface area contributed by atoms with Crippen molar-refractivity contribution in [2.75, 3.05) is 18.5 Å². The van der Waals surface area contributed by atoms with E-state index in [2.05, 4.69) is 15.6 Å². The minimum atomic E-state index is -0.886. The largest absolute Gasteiger partial charge is 0.481 e. The number of nitrogens with one attached hydrogen (secondary N) is 2. The van der Waals surface area contributed by atoms with E-state index in [4.69, 9.17) is 5.11 Å². The second kappa shape index (κ2) is 11.1. The molecule has 4 aromatic rings. The molecule has 0 bridgehead atoms. The van der Waals surface area contributed by atoms with E-state index < -0.39 is 17.8 Å². The van der Waals surface area contributed by atoms with Crippen molar-refractivity contribution in [2.45, 2.75) is 19.3 Å². The lowest BCUT2D eigenvalue weighted by Gasteiger charge is -2.14. The van der Waals surface area contributed by atoms with Crippen molar-refractivity contribution in [3.05, 3.63) is 77.9 Å². The lowest BCUT2D eigenvalue weighted by molar-refractivity contribution is -0.142. The molecule has 1 amide bonds. The Labute approximate surface area is 223 Å². The zero-order valence-corrected chi connectivity index (χ0v) is 21.3. The van der Waals surface area contributed by atoms with Gasteiger partial charge in [-0.15, -0.1) is 0 Å². The second-order valence-electron chi connectivity index (χ2n) is 9.31. The first kappa shape index (κ1) is 25.6. The molecule has 1 aliphatic carbocycles. The first-order chi connectivity index (χ1) is 18.4. The monoisotopic (exact) mass is 529 g/mol. The summed E-state index contributed by atoms with van der Waals surface area (Å²) in [6, 6.07) is 20.5. The van der Waals surface area contributed by atoms with Crippen LogP contribution in [0.1, 0.15) is 40.0 Å². The molecule has 1 saturated carbocycles. The minimum Gasteiger partial charge on any atom is -0.481 e. The van der Waals surface area contributed by atoms with Crippen molar-refractivity contribution in [1.82, 2.24) is 10.3 Å². The maximum atomic E-state index is 12.9. The van der Waals surface area contributed by atoms with Gasteiger partial charge in [0.25, 0.3) is 5.91 Å². The van der Waals surface area contributed by atoms with E-state index >= 15 is 0 Å². The molecule has 0 spiro atoms. The van der Waals surface area contributed by atoms with Gasteiger partial charge in [0.2, 0.25) is 0 Å². The molecule has 2 atom stereocenters. The number of carboxylic acids is 1. The maximum Gasteiger partial charge on any atom is 0.307 e. The molecule has 1 fully saturated rings. The summed E-state index contributed by atoms with van der Waals surface area (Å²) >= 11 is 1.44. The van der Waals surface area contributed by atoms with Gasteiger partial charge in [-0.3, -0.25) is 14.4 Å². The molecule has 0 aliphatic heterocycles. The lowest BCUT2D eigenvalue weighted by Crippen LogP contribution is -2.26. The summed E-state index contributed by atoms with van der Waals surface area (Å²) in [7, 11) is 0. The number of carbonyl (C=O) groups is 3. The summed E-state index contributed by atoms with van der Waals surface area (Å²) in [6.07, 6.45) is 1.96. The molecule has 1 heterocycles. The number of carbonyl (C=O) groups excluding carboxylic acids is 2. The number of amides is 1. The molecule has 2 unspecified atom stereocenters. The number of aliphatic hydroxyl groups is 1. The molecule has 1 aliphatic rings. The summed E-state index contributed by atoms with van der Waals surface area (Å²) in [5, 5.41) is 24.9. The number of ketones is 1. The molecule has 5 rings (SSSR count). The van der Waals surface area contributed by atoms with E-state index in [1.807, 2.05) is 36.4 Å². The van der Waals surface area contributed by atoms with Gasteiger partial charge in [-0.25, -0.2) is 4.98 Å². The fourth-order valence-corrected chi connectivity index (χ4v) is 5.80. The Morgan fingerprint density at radius 1 is 0.895 bits per heavy atom. The molecule has 0 radical (unpaired) electrons. The highest BCUT2D eigenvalue weighted by Gasteiger charge is 2.37. The van der Waals surface area contributed by atoms with Crippen molar-refractivity contribution in [2.24, 2.45) is 11.8 Å². The highest BCUT2D eigenvalue weighted by Crippen LogP contribution is 2.35. The number of rotatable bonds is 9. The number of hydrogen-bond donors (Lipinski definition) is 4. The Bertz CT molecular complexity index is 1480. The summed E-state index contributed by atoms with van der Waals surface area (Å²) in [5.41, 5.74) is 4.66. The Kier molecular flexibility index (Phi) is 7.48. The van der Waals surface area contributed by atoms with Gasteiger partial charge >= 0.3 is 5.97 Å². The lowest BCUT2D eigenvalue weighted by atomic mass is 9.88. The summed E-state index contributed by atoms with van der Waals surface area (Å²) in [6.45, 7) is 0.0973. The van der Waals surface area contributed by atoms with E-state index in [9.17, 15) is 19.5 Å². The van der Waals surface area contributed by atoms with Crippen LogP contribution in [0, 0.1) is 11.8 Å². The fourth-order valence-electron chi connectivity index (χ4n) is 4.87. The quantitative estimate of drug-likeness (QED) is 0.222. The van der Waals surface area contributed by atoms with E-state index in [0.29, 0.717) is 29.1 Å². The van der Waals surface area contributed by atoms with Gasteiger partial charge in [-0.05, 0) is 54.3 Å². The Balaban J connectivity index is 1.25. The third-order valence-electron chi connectivity index (χ3n) is 6.86. The topological polar surface area (TPSA) is 129 Å². The van der Waals surface area contributed by atoms with Crippen molar-refractivity contribution in [3.8, 4) is 11.1 Å². The average molecular weight is 530 g/mol. The first-order valence-electron chi connectivity index (χ1n) is 12.5. The molecule has 4 N–H and O–H groups in total. The number of Topliss-reactive ketones (excluding diaryl/α,β-unsaturated/α-hetero) is 1. The van der Waals surface area contributed by atoms with E-state index in [0.717, 1.165) is 33.5 Å². The molecule has 194 valence electrons. The molecule has 1 aromatic heterocycles. The number of aliphatic hydroxyl groups excluding tert-OH is 1. The molecule has 8 nitrogen and oxygen atoms in total. The average Bonchev–Trinajstić information content (AvgIpc) is 3.58. The highest BCUT2D eigenvalue weighted by atomic mass is 32.1. The SMILES string of the molecule is O=C(NCCO)c1ccc2nc(Nc3ccc(-c4ccc(C(=O)C5CCCC5C(=O)O)cc4)cc3)sc2c1. The van der Waals surface area contributed by atoms with Crippen molar-refractivity contribution in [1.29, 1.82) is 0 Å². The van der Waals surface area contributed by atoms with Crippen LogP contribution >= 0.6 is 11.3 Å². The van der Waals surface area contributed by atoms with Gasteiger partial charge in [-0.2, -0.15) is 0 Å². The van der Waals surface area contributed by atoms with Crippen LogP contribution in [-0.4, -0.2) is 46.0 Å². The number of anilines is 2. The number of fused-ring (bicyclic) bond motifs is 1. The number of aliphatic carboxylic acids is 1. The molecule has 0 saturated heterocycles. The predicted molar refractivity (Wildman–Crippen MR) is 147 cm³/mol. The molecule has 9 heteroatoms. The van der Waals surface area contributed by atoms with E-state index in [1.54, 1.807) is 30.3 Å². The van der Waals surface area contributed by atoms with Gasteiger partial charge in [0.15, 0.2) is 10.9 Å². The minimum absolute atomic E-state index is 0.0882. The zero-order valence-electron chi connectivity index (χ0n) is 20.5. The fraction of sp³-hybridized carbons (Fsp3) is 0.241. The molecular formula is C29H27N3O5S. The van der Waals surface area contributed by atoms with Gasteiger partial charge in [0.05, 0.1) is 22.7 Å². The predicted octanol–water partition coefficient (Wildman–Crippen LogP) is 5.11. The van der Waals surface area contributed by atoms with Gasteiger partial charge in [0.1, 0.15) is 0 Å². The Morgan fingerprint density at radius 2 is 1.55 bits per heavy atom. The third kappa shape index (κ3) is 5.44. The standard InChI is InChI=1S/C29H27N3O5S/c33-15-14-30-27(35)20-10-13-24-25(16-20)38-29(32-24)31-21-11-8-18(9-12-21)17-4-6-19(7-5-17)26(34)22-2-1-3-23(22)28(36)37/h4-13,16,22-23,33H,1-3,14-15H2,(H,30,35)(H,31,32)(H,36,37). The highest BCUT2D eigenvalue weighted by molar-refractivity contribution is 7.22. The van der Waals surface area contributed by atoms with Crippen LogP contribution in [0.2, 0.25) is 0 Å². The second-order valence-corrected chi connectivity index (χ2v) is 10.3. The van der Waals surface area contributed by atoms with Gasteiger partial charge in [0, 0.05) is 29.3 Å². The van der Waals surface area contributed by atoms with E-state index in [1.165, 1.54) is 11.3 Å². The van der Waals surface area contributed by atoms with Crippen molar-refractivity contribution >= 4 is 50.0 Å². The summed E-state index contributed by atoms with van der Waals surface area (Å²) in [4.78, 5) is 41.1. The van der Waals surface area contributed by atoms with Gasteiger partial charge < -0.3 is 20.8 Å². The molecule has 3 aromatic carbocycles. The Morgan fingerprint density at radius 3 is 2.24 bits per heavy atom. The van der Waals surface area contributed by atoms with E-state index in [-0.39, 0.29) is 24.8 Å². The summed E-state index contributed by atoms with van der Waals surface area (Å²) in [5.74, 6) is -2.24. The van der Waals surface area contributed by atoms with Crippen LogP contribution in [0.3, 0.4) is 0 Å². The van der Waals surface area contributed by atoms with Crippen LogP contribution in [-0.2, 0) is 4.79 Å². The number of nitrogens with zero attached hydrogens (tertiary/aromatic N) is 1. The first-order valence-corrected chi connectivity index (χ1v) is 13.3. The van der Waals surface area contributed by atoms with Crippen molar-refractivity contribution in [3.63, 3.8) is 0 Å². The van der Waals surface area contributed by atoms with Crippen LogP contribution < -0.4 is 10.6 Å². The van der Waals surface area contributed by atoms with Crippen LogP contribution in [0.5, 0.6) is 0 Å². The summed E-state index contributed by atoms with van der Waals surface area (Å²) < 4.78 is 0.877. The third-order valence-corrected chi connectivity index (χ3v) is 7.79. The number of benzene rings is 3. The zero-order chi connectivity index (χ0) is 26.6. The normalized spacial score (nSPS) is 16.9. The Hall–Kier alpha value is -4.08. The number of hydrogen-bond acceptors (Lipinski definition) is 7. The maximum absolute atomic E-state index is 12.9. The van der Waals surface area contributed by atoms with Gasteiger partial charge in [-0.1, -0.05) is 54.2 Å². The van der Waals surface area contributed by atoms with Crippen LogP contribution in [0.25, 0.3) is 21.3 Å². The number of aromatic nitrogens is 1. The number of carboxylic acid groups (broad SMARTS) is 1.